The highest BCUT2D eigenvalue weighted by Crippen LogP contribution is 2.11. The first kappa shape index (κ1) is 14.9. The monoisotopic (exact) mass is 271 g/mol. The molecule has 0 fully saturated rings. The van der Waals surface area contributed by atoms with Crippen LogP contribution < -0.4 is 16.2 Å². The molecule has 0 saturated heterocycles. The number of nitrogen functional groups attached to an aromatic ring is 1. The third kappa shape index (κ3) is 4.29. The van der Waals surface area contributed by atoms with Crippen molar-refractivity contribution < 1.29 is 8.42 Å². The lowest BCUT2D eigenvalue weighted by atomic mass is 10.0. The molecule has 0 aromatic heterocycles. The summed E-state index contributed by atoms with van der Waals surface area (Å²) in [7, 11) is -3.46. The first-order chi connectivity index (χ1) is 8.33. The van der Waals surface area contributed by atoms with E-state index in [0.717, 1.165) is 0 Å². The zero-order chi connectivity index (χ0) is 13.8. The smallest absolute Gasteiger partial charge is 0.240 e. The number of rotatable bonds is 6. The van der Waals surface area contributed by atoms with Crippen molar-refractivity contribution in [2.24, 2.45) is 11.7 Å². The van der Waals surface area contributed by atoms with Crippen LogP contribution in [-0.2, 0) is 10.0 Å². The molecule has 0 saturated carbocycles. The highest BCUT2D eigenvalue weighted by molar-refractivity contribution is 7.89. The van der Waals surface area contributed by atoms with E-state index in [-0.39, 0.29) is 10.9 Å². The lowest BCUT2D eigenvalue weighted by molar-refractivity contribution is 0.461. The molecule has 0 bridgehead atoms. The minimum Gasteiger partial charge on any atom is -0.399 e. The number of anilines is 1. The molecule has 5 N–H and O–H groups in total. The van der Waals surface area contributed by atoms with E-state index >= 15 is 0 Å². The molecule has 0 aliphatic heterocycles. The van der Waals surface area contributed by atoms with Crippen molar-refractivity contribution in [2.75, 3.05) is 12.3 Å². The Hall–Kier alpha value is -1.11. The highest BCUT2D eigenvalue weighted by atomic mass is 32.2. The van der Waals surface area contributed by atoms with Gasteiger partial charge in [-0.2, -0.15) is 0 Å². The van der Waals surface area contributed by atoms with E-state index in [1.165, 1.54) is 12.1 Å². The van der Waals surface area contributed by atoms with Crippen LogP contribution in [0.3, 0.4) is 0 Å². The van der Waals surface area contributed by atoms with E-state index in [1.807, 2.05) is 13.8 Å². The Bertz CT molecular complexity index is 469. The van der Waals surface area contributed by atoms with Gasteiger partial charge in [-0.3, -0.25) is 0 Å². The summed E-state index contributed by atoms with van der Waals surface area (Å²) in [4.78, 5) is 0.217. The summed E-state index contributed by atoms with van der Waals surface area (Å²) in [6.45, 7) is 4.37. The number of sulfonamides is 1. The van der Waals surface area contributed by atoms with E-state index in [2.05, 4.69) is 4.72 Å². The van der Waals surface area contributed by atoms with Crippen molar-refractivity contribution in [3.05, 3.63) is 24.3 Å². The third-order valence-corrected chi connectivity index (χ3v) is 4.29. The molecular weight excluding hydrogens is 250 g/mol. The van der Waals surface area contributed by atoms with E-state index in [1.54, 1.807) is 12.1 Å². The Morgan fingerprint density at radius 2 is 1.78 bits per heavy atom. The van der Waals surface area contributed by atoms with Crippen molar-refractivity contribution in [3.63, 3.8) is 0 Å². The lowest BCUT2D eigenvalue weighted by Crippen LogP contribution is -2.33. The van der Waals surface area contributed by atoms with Crippen LogP contribution in [0.2, 0.25) is 0 Å². The lowest BCUT2D eigenvalue weighted by Gasteiger charge is -2.15. The predicted octanol–water partition coefficient (Wildman–Crippen LogP) is 0.921. The number of hydrogen-bond donors (Lipinski definition) is 3. The van der Waals surface area contributed by atoms with Crippen molar-refractivity contribution in [3.8, 4) is 0 Å². The molecule has 1 unspecified atom stereocenters. The van der Waals surface area contributed by atoms with Crippen LogP contribution in [-0.4, -0.2) is 21.0 Å². The van der Waals surface area contributed by atoms with Gasteiger partial charge in [0.25, 0.3) is 0 Å². The van der Waals surface area contributed by atoms with Gasteiger partial charge in [0.2, 0.25) is 10.0 Å². The van der Waals surface area contributed by atoms with Gasteiger partial charge in [-0.1, -0.05) is 13.8 Å². The SMILES string of the molecule is CC(C)C(N)CCNS(=O)(=O)c1ccc(N)cc1. The van der Waals surface area contributed by atoms with Crippen LogP contribution in [0.1, 0.15) is 20.3 Å². The van der Waals surface area contributed by atoms with E-state index in [0.29, 0.717) is 24.6 Å². The summed E-state index contributed by atoms with van der Waals surface area (Å²) < 4.78 is 26.3. The number of nitrogens with one attached hydrogen (secondary N) is 1. The summed E-state index contributed by atoms with van der Waals surface area (Å²) in [5, 5.41) is 0. The molecule has 0 amide bonds. The van der Waals surface area contributed by atoms with E-state index in [9.17, 15) is 8.42 Å². The molecule has 5 nitrogen and oxygen atoms in total. The van der Waals surface area contributed by atoms with Gasteiger partial charge in [0.05, 0.1) is 4.90 Å². The Labute approximate surface area is 109 Å². The average molecular weight is 271 g/mol. The second kappa shape index (κ2) is 6.17. The minimum atomic E-state index is -3.46. The summed E-state index contributed by atoms with van der Waals surface area (Å²) >= 11 is 0. The summed E-state index contributed by atoms with van der Waals surface area (Å²) in [5.74, 6) is 0.339. The zero-order valence-electron chi connectivity index (χ0n) is 10.8. The van der Waals surface area contributed by atoms with Crippen LogP contribution in [0, 0.1) is 5.92 Å². The summed E-state index contributed by atoms with van der Waals surface area (Å²) in [5.41, 5.74) is 11.9. The molecule has 1 aromatic carbocycles. The van der Waals surface area contributed by atoms with Crippen molar-refractivity contribution in [2.45, 2.75) is 31.2 Å². The van der Waals surface area contributed by atoms with Crippen molar-refractivity contribution >= 4 is 15.7 Å². The van der Waals surface area contributed by atoms with Crippen LogP contribution >= 0.6 is 0 Å². The zero-order valence-corrected chi connectivity index (χ0v) is 11.6. The molecule has 0 aliphatic carbocycles. The predicted molar refractivity (Wildman–Crippen MR) is 73.5 cm³/mol. The van der Waals surface area contributed by atoms with Crippen LogP contribution in [0.5, 0.6) is 0 Å². The Morgan fingerprint density at radius 1 is 1.22 bits per heavy atom. The van der Waals surface area contributed by atoms with Gasteiger partial charge in [0.15, 0.2) is 0 Å². The molecule has 1 atom stereocenters. The second-order valence-corrected chi connectivity index (χ2v) is 6.43. The van der Waals surface area contributed by atoms with Crippen LogP contribution in [0.25, 0.3) is 0 Å². The maximum absolute atomic E-state index is 11.9. The molecule has 0 radical (unpaired) electrons. The topological polar surface area (TPSA) is 98.2 Å². The quantitative estimate of drug-likeness (QED) is 0.670. The van der Waals surface area contributed by atoms with Gasteiger partial charge < -0.3 is 11.5 Å². The van der Waals surface area contributed by atoms with Gasteiger partial charge in [-0.05, 0) is 36.6 Å². The molecule has 102 valence electrons. The Kier molecular flexibility index (Phi) is 5.13. The fourth-order valence-electron chi connectivity index (χ4n) is 1.42. The first-order valence-corrected chi connectivity index (χ1v) is 7.42. The molecule has 1 rings (SSSR count). The number of hydrogen-bond acceptors (Lipinski definition) is 4. The Morgan fingerprint density at radius 3 is 2.28 bits per heavy atom. The number of benzene rings is 1. The van der Waals surface area contributed by atoms with Crippen molar-refractivity contribution in [1.29, 1.82) is 0 Å². The fourth-order valence-corrected chi connectivity index (χ4v) is 2.47. The van der Waals surface area contributed by atoms with Gasteiger partial charge in [-0.25, -0.2) is 13.1 Å². The van der Waals surface area contributed by atoms with Gasteiger partial charge in [-0.15, -0.1) is 0 Å². The third-order valence-electron chi connectivity index (χ3n) is 2.82. The molecule has 1 aromatic rings. The molecular formula is C12H21N3O2S. The van der Waals surface area contributed by atoms with Crippen LogP contribution in [0.15, 0.2) is 29.2 Å². The maximum Gasteiger partial charge on any atom is 0.240 e. The molecule has 6 heteroatoms. The van der Waals surface area contributed by atoms with E-state index < -0.39 is 10.0 Å². The summed E-state index contributed by atoms with van der Waals surface area (Å²) in [6.07, 6.45) is 0.617. The molecule has 18 heavy (non-hydrogen) atoms. The average Bonchev–Trinajstić information content (AvgIpc) is 2.29. The largest absolute Gasteiger partial charge is 0.399 e. The van der Waals surface area contributed by atoms with E-state index in [4.69, 9.17) is 11.5 Å². The Balaban J connectivity index is 2.58. The standard InChI is InChI=1S/C12H21N3O2S/c1-9(2)12(14)7-8-15-18(16,17)11-5-3-10(13)4-6-11/h3-6,9,12,15H,7-8,13-14H2,1-2H3. The van der Waals surface area contributed by atoms with Gasteiger partial charge >= 0.3 is 0 Å². The van der Waals surface area contributed by atoms with Crippen molar-refractivity contribution in [1.82, 2.24) is 4.72 Å². The maximum atomic E-state index is 11.9. The molecule has 0 heterocycles. The normalized spacial score (nSPS) is 13.8. The molecule has 0 spiro atoms. The summed E-state index contributed by atoms with van der Waals surface area (Å²) in [6, 6.07) is 6.10. The minimum absolute atomic E-state index is 0.000817. The first-order valence-electron chi connectivity index (χ1n) is 5.93. The van der Waals surface area contributed by atoms with Gasteiger partial charge in [0, 0.05) is 18.3 Å². The molecule has 0 aliphatic rings. The highest BCUT2D eigenvalue weighted by Gasteiger charge is 2.14. The van der Waals surface area contributed by atoms with Gasteiger partial charge in [0.1, 0.15) is 0 Å². The fraction of sp³-hybridized carbons (Fsp3) is 0.500. The number of nitrogens with two attached hydrogens (primary N) is 2. The van der Waals surface area contributed by atoms with Crippen LogP contribution in [0.4, 0.5) is 5.69 Å². The second-order valence-electron chi connectivity index (χ2n) is 4.66.